The Labute approximate surface area is 197 Å². The maximum Gasteiger partial charge on any atom is 0.271 e. The highest BCUT2D eigenvalue weighted by atomic mass is 79.9. The standard InChI is InChI=1S/C24H16BrClN4O2/c25-19-21(29-30-22(19)28-23(31)17-11-5-6-12-18(17)26)24(32)27-20-15-9-3-1-7-13(15)14-8-2-4-10-16(14)20/h1-12,20H,(H,27,32)(H2,28,29,30,31). The van der Waals surface area contributed by atoms with Crippen LogP contribution in [0.4, 0.5) is 5.82 Å². The van der Waals surface area contributed by atoms with E-state index in [-0.39, 0.29) is 23.5 Å². The van der Waals surface area contributed by atoms with Crippen LogP contribution in [0.5, 0.6) is 0 Å². The molecule has 0 aliphatic heterocycles. The average Bonchev–Trinajstić information content (AvgIpc) is 3.32. The molecule has 1 heterocycles. The van der Waals surface area contributed by atoms with Crippen LogP contribution in [0.15, 0.2) is 77.3 Å². The van der Waals surface area contributed by atoms with Gasteiger partial charge in [-0.3, -0.25) is 14.7 Å². The number of H-pyrrole nitrogens is 1. The van der Waals surface area contributed by atoms with Crippen LogP contribution < -0.4 is 10.6 Å². The second kappa shape index (κ2) is 8.26. The number of rotatable bonds is 4. The van der Waals surface area contributed by atoms with Crippen LogP contribution in [-0.2, 0) is 0 Å². The Bertz CT molecular complexity index is 1320. The first-order valence-corrected chi connectivity index (χ1v) is 11.0. The van der Waals surface area contributed by atoms with E-state index in [9.17, 15) is 9.59 Å². The molecule has 3 N–H and O–H groups in total. The number of hydrogen-bond donors (Lipinski definition) is 3. The molecule has 2 amide bonds. The fourth-order valence-electron chi connectivity index (χ4n) is 3.90. The number of hydrogen-bond acceptors (Lipinski definition) is 3. The van der Waals surface area contributed by atoms with Gasteiger partial charge in [0.2, 0.25) is 0 Å². The van der Waals surface area contributed by atoms with Gasteiger partial charge in [-0.25, -0.2) is 0 Å². The molecule has 0 atom stereocenters. The Hall–Kier alpha value is -3.42. The monoisotopic (exact) mass is 506 g/mol. The van der Waals surface area contributed by atoms with Gasteiger partial charge in [-0.1, -0.05) is 72.3 Å². The van der Waals surface area contributed by atoms with E-state index in [4.69, 9.17) is 11.6 Å². The van der Waals surface area contributed by atoms with E-state index in [0.29, 0.717) is 15.1 Å². The molecule has 0 saturated heterocycles. The van der Waals surface area contributed by atoms with E-state index < -0.39 is 5.91 Å². The molecule has 0 spiro atoms. The third kappa shape index (κ3) is 3.49. The number of carbonyl (C=O) groups is 2. The number of carbonyl (C=O) groups excluding carboxylic acids is 2. The highest BCUT2D eigenvalue weighted by Crippen LogP contribution is 2.43. The Morgan fingerprint density at radius 2 is 1.47 bits per heavy atom. The largest absolute Gasteiger partial charge is 0.340 e. The van der Waals surface area contributed by atoms with Crippen molar-refractivity contribution in [2.75, 3.05) is 5.32 Å². The Morgan fingerprint density at radius 1 is 0.875 bits per heavy atom. The van der Waals surface area contributed by atoms with Crippen LogP contribution in [0.1, 0.15) is 38.0 Å². The van der Waals surface area contributed by atoms with E-state index in [0.717, 1.165) is 22.3 Å². The minimum atomic E-state index is -0.423. The van der Waals surface area contributed by atoms with Gasteiger partial charge in [0.15, 0.2) is 5.82 Å². The third-order valence-corrected chi connectivity index (χ3v) is 6.50. The van der Waals surface area contributed by atoms with Crippen molar-refractivity contribution in [1.29, 1.82) is 0 Å². The van der Waals surface area contributed by atoms with Gasteiger partial charge in [0.1, 0.15) is 5.69 Å². The number of nitrogens with one attached hydrogen (secondary N) is 3. The fraction of sp³-hybridized carbons (Fsp3) is 0.0417. The highest BCUT2D eigenvalue weighted by Gasteiger charge is 2.30. The Balaban J connectivity index is 1.39. The van der Waals surface area contributed by atoms with Crippen LogP contribution in [0.3, 0.4) is 0 Å². The van der Waals surface area contributed by atoms with Crippen molar-refractivity contribution in [2.45, 2.75) is 6.04 Å². The lowest BCUT2D eigenvalue weighted by atomic mass is 10.1. The summed E-state index contributed by atoms with van der Waals surface area (Å²) in [4.78, 5) is 25.7. The molecule has 0 bridgehead atoms. The van der Waals surface area contributed by atoms with Crippen molar-refractivity contribution in [1.82, 2.24) is 15.5 Å². The van der Waals surface area contributed by atoms with Crippen LogP contribution in [-0.4, -0.2) is 22.0 Å². The van der Waals surface area contributed by atoms with Crippen molar-refractivity contribution < 1.29 is 9.59 Å². The Morgan fingerprint density at radius 3 is 2.12 bits per heavy atom. The minimum Gasteiger partial charge on any atom is -0.340 e. The molecule has 4 aromatic rings. The lowest BCUT2D eigenvalue weighted by Gasteiger charge is -2.15. The number of halogens is 2. The van der Waals surface area contributed by atoms with E-state index in [1.807, 2.05) is 36.4 Å². The first-order chi connectivity index (χ1) is 15.5. The molecule has 8 heteroatoms. The first kappa shape index (κ1) is 20.5. The molecule has 3 aromatic carbocycles. The molecule has 1 aliphatic rings. The second-order valence-corrected chi connectivity index (χ2v) is 8.48. The van der Waals surface area contributed by atoms with Crippen LogP contribution in [0.25, 0.3) is 11.1 Å². The van der Waals surface area contributed by atoms with Gasteiger partial charge in [-0.15, -0.1) is 0 Å². The summed E-state index contributed by atoms with van der Waals surface area (Å²) in [5.41, 5.74) is 4.79. The molecule has 0 fully saturated rings. The number of aromatic amines is 1. The van der Waals surface area contributed by atoms with Crippen molar-refractivity contribution in [2.24, 2.45) is 0 Å². The number of aromatic nitrogens is 2. The summed E-state index contributed by atoms with van der Waals surface area (Å²) in [7, 11) is 0. The lowest BCUT2D eigenvalue weighted by molar-refractivity contribution is 0.0937. The van der Waals surface area contributed by atoms with Gasteiger partial charge < -0.3 is 10.6 Å². The molecule has 0 saturated carbocycles. The van der Waals surface area contributed by atoms with E-state index in [2.05, 4.69) is 48.9 Å². The van der Waals surface area contributed by atoms with Crippen LogP contribution in [0.2, 0.25) is 5.02 Å². The van der Waals surface area contributed by atoms with Crippen LogP contribution in [0, 0.1) is 0 Å². The summed E-state index contributed by atoms with van der Waals surface area (Å²) < 4.78 is 0.356. The maximum atomic E-state index is 13.1. The molecule has 6 nitrogen and oxygen atoms in total. The zero-order valence-corrected chi connectivity index (χ0v) is 18.9. The third-order valence-electron chi connectivity index (χ3n) is 5.39. The minimum absolute atomic E-state index is 0.201. The summed E-state index contributed by atoms with van der Waals surface area (Å²) in [6.45, 7) is 0. The number of amides is 2. The number of benzene rings is 3. The van der Waals surface area contributed by atoms with Crippen LogP contribution >= 0.6 is 27.5 Å². The molecule has 0 radical (unpaired) electrons. The summed E-state index contributed by atoms with van der Waals surface area (Å²) in [5.74, 6) is -0.570. The number of nitrogens with zero attached hydrogens (tertiary/aromatic N) is 1. The maximum absolute atomic E-state index is 13.1. The predicted octanol–water partition coefficient (Wildman–Crippen LogP) is 5.58. The normalized spacial score (nSPS) is 12.2. The van der Waals surface area contributed by atoms with Gasteiger partial charge in [0.05, 0.1) is 21.1 Å². The summed E-state index contributed by atoms with van der Waals surface area (Å²) in [6.07, 6.45) is 0. The molecule has 0 unspecified atom stereocenters. The van der Waals surface area contributed by atoms with Gasteiger partial charge in [-0.2, -0.15) is 5.10 Å². The highest BCUT2D eigenvalue weighted by molar-refractivity contribution is 9.10. The van der Waals surface area contributed by atoms with Gasteiger partial charge in [-0.05, 0) is 50.3 Å². The van der Waals surface area contributed by atoms with Gasteiger partial charge >= 0.3 is 0 Å². The zero-order valence-electron chi connectivity index (χ0n) is 16.5. The van der Waals surface area contributed by atoms with Crippen molar-refractivity contribution in [3.05, 3.63) is 105 Å². The lowest BCUT2D eigenvalue weighted by Crippen LogP contribution is -2.28. The van der Waals surface area contributed by atoms with Crippen molar-refractivity contribution in [3.8, 4) is 11.1 Å². The van der Waals surface area contributed by atoms with Gasteiger partial charge in [0, 0.05) is 0 Å². The quantitative estimate of drug-likeness (QED) is 0.337. The number of fused-ring (bicyclic) bond motifs is 3. The van der Waals surface area contributed by atoms with E-state index in [1.54, 1.807) is 24.3 Å². The van der Waals surface area contributed by atoms with Crippen molar-refractivity contribution in [3.63, 3.8) is 0 Å². The molecular weight excluding hydrogens is 492 g/mol. The molecular formula is C24H16BrClN4O2. The van der Waals surface area contributed by atoms with E-state index in [1.165, 1.54) is 0 Å². The molecule has 1 aliphatic carbocycles. The first-order valence-electron chi connectivity index (χ1n) is 9.83. The second-order valence-electron chi connectivity index (χ2n) is 7.28. The molecule has 5 rings (SSSR count). The smallest absolute Gasteiger partial charge is 0.271 e. The fourth-order valence-corrected chi connectivity index (χ4v) is 4.57. The van der Waals surface area contributed by atoms with E-state index >= 15 is 0 Å². The SMILES string of the molecule is O=C(Nc1n[nH]c(C(=O)NC2c3ccccc3-c3ccccc32)c1Br)c1ccccc1Cl. The average molecular weight is 508 g/mol. The zero-order chi connectivity index (χ0) is 22.2. The topological polar surface area (TPSA) is 86.9 Å². The predicted molar refractivity (Wildman–Crippen MR) is 127 cm³/mol. The Kier molecular flexibility index (Phi) is 5.28. The summed E-state index contributed by atoms with van der Waals surface area (Å²) in [6, 6.07) is 22.4. The summed E-state index contributed by atoms with van der Waals surface area (Å²) >= 11 is 9.48. The number of anilines is 1. The van der Waals surface area contributed by atoms with Crippen molar-refractivity contribution >= 4 is 45.2 Å². The molecule has 158 valence electrons. The van der Waals surface area contributed by atoms with Gasteiger partial charge in [0.25, 0.3) is 11.8 Å². The molecule has 32 heavy (non-hydrogen) atoms. The summed E-state index contributed by atoms with van der Waals surface area (Å²) in [5, 5.41) is 12.9. The molecule has 1 aromatic heterocycles.